The van der Waals surface area contributed by atoms with E-state index in [4.69, 9.17) is 14.2 Å². The van der Waals surface area contributed by atoms with Crippen LogP contribution in [0.25, 0.3) is 0 Å². The molecule has 124 heavy (non-hydrogen) atoms. The second kappa shape index (κ2) is 36.6. The lowest BCUT2D eigenvalue weighted by molar-refractivity contribution is -0.139. The summed E-state index contributed by atoms with van der Waals surface area (Å²) in [7, 11) is 0. The van der Waals surface area contributed by atoms with Crippen molar-refractivity contribution in [1.82, 2.24) is 75.6 Å². The van der Waals surface area contributed by atoms with Crippen molar-refractivity contribution in [2.24, 2.45) is 164 Å². The Morgan fingerprint density at radius 3 is 1.28 bits per heavy atom. The van der Waals surface area contributed by atoms with Crippen LogP contribution in [-0.4, -0.2) is 170 Å². The Kier molecular flexibility index (Phi) is 26.8. The van der Waals surface area contributed by atoms with Crippen molar-refractivity contribution in [2.75, 3.05) is 39.6 Å². The zero-order valence-corrected chi connectivity index (χ0v) is 77.6. The number of aryl methyl sites for hydroxylation is 2. The van der Waals surface area contributed by atoms with Gasteiger partial charge in [-0.05, 0) is 450 Å². The Morgan fingerprint density at radius 2 is 0.855 bits per heavy atom. The number of tetrazole rings is 3. The molecule has 0 bridgehead atoms. The van der Waals surface area contributed by atoms with E-state index in [2.05, 4.69) is 104 Å². The number of halogens is 1. The molecule has 23 nitrogen and oxygen atoms in total. The number of Topliss-reactive ketones (excluding diaryl/α,β-unsaturated/α-hetero) is 1. The van der Waals surface area contributed by atoms with Crippen molar-refractivity contribution in [3.8, 4) is 0 Å². The molecule has 0 spiro atoms. The minimum Gasteiger partial charge on any atom is -0.390 e. The van der Waals surface area contributed by atoms with E-state index in [0.717, 1.165) is 173 Å². The van der Waals surface area contributed by atoms with Crippen molar-refractivity contribution in [2.45, 2.75) is 349 Å². The van der Waals surface area contributed by atoms with Crippen LogP contribution in [0, 0.1) is 178 Å². The highest BCUT2D eigenvalue weighted by Crippen LogP contribution is 2.71. The number of carbonyl (C=O) groups is 1. The predicted molar refractivity (Wildman–Crippen MR) is 473 cm³/mol. The number of rotatable bonds is 21. The van der Waals surface area contributed by atoms with Gasteiger partial charge in [0.1, 0.15) is 24.9 Å². The number of fused-ring (bicyclic) bond motifs is 20. The van der Waals surface area contributed by atoms with E-state index in [-0.39, 0.29) is 23.0 Å². The second-order valence-electron chi connectivity index (χ2n) is 45.9. The standard InChI is InChI=1S/2C26H42N4O2.C25H40N4O2.C23H34FN3O2/c1-5-32-16-26(31)13-11-20-19(14-26)6-7-22-21(20)10-12-25(4)23(8-9-24(22)25)17(2)15-30-18(3)27-28-29-30;1-5-32-16-26(31)13-11-20-19(14-26)6-7-22-21(20)10-12-25(4)23(8-9-24(22)25)17(2)15-30-28-18(3)27-29-30;1-4-31-15-25(30)12-10-19-18(13-25)5-6-21-20(19)9-11-24(3)22(7-8-23(21)24)17(2)14-29-16-26-27-28-29;1-22(29)7-5-15-14-6-8-23(2)18(16(14)11-20(24)17(15)12-22)3-4-19(23)21(28)13-27-10-9-25-26-27/h2*19-24,31H,2,5-16H2,1,3-4H3;16,18-23,30H,2,4-15H2,1,3H3;9-10,14-20,29H,3-8,11-13H2,1-2H3/t2*19-,20-,21+,22+,23+,24-,25+,26+;18-,19-,20+,21+,22+,23-,24+,25+;14-,15-,16-,17+,18+,19-,20-,22-,23+/m0001/s1. The first-order valence-electron chi connectivity index (χ1n) is 50.2. The SMILES string of the molecule is C=C(Cn1cnnn1)[C@H]1CC[C@H]2[C@@H]3CC[C@H]4C[C@@](O)(COCC)CC[C@@H]4[C@H]3CC[C@]12C.C=C(Cn1nnc(C)n1)[C@H]1CC[C@H]2[C@@H]3CC[C@H]4C[C@@](O)(COCC)CC[C@@H]4[C@H]3CC[C@]12C.C=C(Cn1nnnc1C)[C@H]1CC[C@H]2[C@@H]3CC[C@H]4C[C@@](O)(COCC)CC[C@@H]4[C@H]3CC[C@]12C.C[C@@]1(O)CC[C@@H]2[C@H]3CC[C@]4(C)[C@@H](C(=O)Cn5ccnn5)CC[C@H]4[C@@H]3C[C@@H](F)[C@H]2C1. The van der Waals surface area contributed by atoms with Gasteiger partial charge < -0.3 is 34.6 Å². The fraction of sp³-hybridized carbons (Fsp3) is 0.880. The summed E-state index contributed by atoms with van der Waals surface area (Å²) in [5, 5.41) is 87.8. The summed E-state index contributed by atoms with van der Waals surface area (Å²) in [4.78, 5) is 14.8. The van der Waals surface area contributed by atoms with Crippen LogP contribution >= 0.6 is 0 Å². The summed E-state index contributed by atoms with van der Waals surface area (Å²) in [6, 6.07) is 0. The number of ketones is 1. The summed E-state index contributed by atoms with van der Waals surface area (Å²) >= 11 is 0. The zero-order valence-electron chi connectivity index (χ0n) is 77.6. The lowest BCUT2D eigenvalue weighted by atomic mass is 9.48. The first-order valence-corrected chi connectivity index (χ1v) is 50.2. The van der Waals surface area contributed by atoms with Crippen LogP contribution in [0.4, 0.5) is 4.39 Å². The molecule has 20 rings (SSSR count). The number of nitrogens with zero attached hydrogens (tertiary/aromatic N) is 15. The van der Waals surface area contributed by atoms with Crippen molar-refractivity contribution in [3.05, 3.63) is 66.8 Å². The Labute approximate surface area is 740 Å². The number of alkyl halides is 1. The van der Waals surface area contributed by atoms with E-state index in [1.807, 2.05) is 50.9 Å². The van der Waals surface area contributed by atoms with Crippen LogP contribution in [0.3, 0.4) is 0 Å². The van der Waals surface area contributed by atoms with Crippen molar-refractivity contribution < 1.29 is 43.8 Å². The average molecular weight is 1720 g/mol. The van der Waals surface area contributed by atoms with E-state index < -0.39 is 28.6 Å². The second-order valence-corrected chi connectivity index (χ2v) is 45.9. The van der Waals surface area contributed by atoms with Crippen LogP contribution in [0.5, 0.6) is 0 Å². The Bertz CT molecular complexity index is 4290. The van der Waals surface area contributed by atoms with Crippen molar-refractivity contribution in [1.29, 1.82) is 0 Å². The minimum absolute atomic E-state index is 0.00838. The van der Waals surface area contributed by atoms with Crippen LogP contribution in [-0.2, 0) is 45.2 Å². The quantitative estimate of drug-likeness (QED) is 0.0564. The molecule has 4 heterocycles. The number of aromatic nitrogens is 15. The maximum absolute atomic E-state index is 15.3. The first-order chi connectivity index (χ1) is 59.4. The van der Waals surface area contributed by atoms with E-state index in [1.54, 1.807) is 28.2 Å². The molecule has 24 heteroatoms. The van der Waals surface area contributed by atoms with E-state index in [9.17, 15) is 25.2 Å². The fourth-order valence-corrected chi connectivity index (χ4v) is 34.2. The largest absolute Gasteiger partial charge is 0.390 e. The molecule has 0 saturated heterocycles. The van der Waals surface area contributed by atoms with E-state index in [1.165, 1.54) is 152 Å². The molecule has 688 valence electrons. The third-order valence-corrected chi connectivity index (χ3v) is 39.7. The molecule has 0 radical (unpaired) electrons. The monoisotopic (exact) mass is 1720 g/mol. The average Bonchev–Trinajstić information content (AvgIpc) is 1.58. The van der Waals surface area contributed by atoms with Gasteiger partial charge in [0.05, 0.1) is 68.1 Å². The van der Waals surface area contributed by atoms with Gasteiger partial charge in [0, 0.05) is 31.9 Å². The molecule has 16 fully saturated rings. The van der Waals surface area contributed by atoms with E-state index in [0.29, 0.717) is 141 Å². The molecule has 16 aliphatic rings. The smallest absolute Gasteiger partial charge is 0.171 e. The Balaban J connectivity index is 0.000000117. The molecule has 4 aromatic rings. The van der Waals surface area contributed by atoms with Crippen molar-refractivity contribution >= 4 is 5.78 Å². The van der Waals surface area contributed by atoms with Crippen LogP contribution in [0.1, 0.15) is 292 Å². The molecule has 16 saturated carbocycles. The minimum atomic E-state index is -0.805. The van der Waals surface area contributed by atoms with Gasteiger partial charge in [-0.25, -0.2) is 18.4 Å². The molecular formula is C100H158FN15O8. The van der Waals surface area contributed by atoms with Gasteiger partial charge in [0.15, 0.2) is 11.6 Å². The molecule has 0 amide bonds. The highest BCUT2D eigenvalue weighted by molar-refractivity contribution is 5.82. The third-order valence-electron chi connectivity index (χ3n) is 39.7. The van der Waals surface area contributed by atoms with Gasteiger partial charge in [-0.3, -0.25) is 4.79 Å². The number of ether oxygens (including phenoxy) is 3. The summed E-state index contributed by atoms with van der Waals surface area (Å²) in [6.07, 6.45) is 44.4. The third kappa shape index (κ3) is 17.7. The van der Waals surface area contributed by atoms with Gasteiger partial charge in [-0.2, -0.15) is 4.80 Å². The Morgan fingerprint density at radius 1 is 0.427 bits per heavy atom. The molecule has 0 unspecified atom stereocenters. The predicted octanol–water partition coefficient (Wildman–Crippen LogP) is 17.2. The summed E-state index contributed by atoms with van der Waals surface area (Å²) in [5.74, 6) is 17.7. The molecule has 33 atom stereocenters. The highest BCUT2D eigenvalue weighted by atomic mass is 19.1. The fourth-order valence-electron chi connectivity index (χ4n) is 34.2. The molecule has 4 aromatic heterocycles. The number of carbonyl (C=O) groups excluding carboxylic acids is 1. The number of aliphatic hydroxyl groups is 4. The molecule has 4 N–H and O–H groups in total. The van der Waals surface area contributed by atoms with E-state index >= 15 is 4.39 Å². The number of hydrogen-bond donors (Lipinski definition) is 4. The number of hydrogen-bond acceptors (Lipinski definition) is 19. The molecule has 16 aliphatic carbocycles. The molecule has 0 aliphatic heterocycles. The Hall–Kier alpha value is -5.11. The van der Waals surface area contributed by atoms with Crippen LogP contribution < -0.4 is 0 Å². The van der Waals surface area contributed by atoms with Gasteiger partial charge in [0.25, 0.3) is 0 Å². The molecule has 0 aromatic carbocycles. The van der Waals surface area contributed by atoms with Gasteiger partial charge in [-0.1, -0.05) is 69.4 Å². The lowest BCUT2D eigenvalue weighted by Gasteiger charge is -2.57. The van der Waals surface area contributed by atoms with Crippen LogP contribution in [0.2, 0.25) is 0 Å². The maximum atomic E-state index is 15.3. The maximum Gasteiger partial charge on any atom is 0.171 e. The number of allylic oxidation sites excluding steroid dienone is 3. The topological polar surface area (TPSA) is 287 Å². The van der Waals surface area contributed by atoms with Crippen LogP contribution in [0.15, 0.2) is 55.2 Å². The first kappa shape index (κ1) is 90.8. The summed E-state index contributed by atoms with van der Waals surface area (Å²) in [5.41, 5.74) is 2.57. The van der Waals surface area contributed by atoms with Gasteiger partial charge in [-0.15, -0.1) is 25.5 Å². The normalized spacial score (nSPS) is 45.0. The lowest BCUT2D eigenvalue weighted by Crippen LogP contribution is -2.54. The zero-order chi connectivity index (χ0) is 87.0. The van der Waals surface area contributed by atoms with Crippen molar-refractivity contribution in [3.63, 3.8) is 0 Å². The highest BCUT2D eigenvalue weighted by Gasteiger charge is 2.65. The summed E-state index contributed by atoms with van der Waals surface area (Å²) < 4.78 is 37.6. The van der Waals surface area contributed by atoms with Gasteiger partial charge in [0.2, 0.25) is 0 Å². The molecular weight excluding hydrogens is 1560 g/mol. The van der Waals surface area contributed by atoms with Gasteiger partial charge >= 0.3 is 0 Å². The summed E-state index contributed by atoms with van der Waals surface area (Å²) in [6.45, 7) is 41.5.